The second-order valence-electron chi connectivity index (χ2n) is 4.21. The molecule has 0 aliphatic heterocycles. The zero-order valence-electron chi connectivity index (χ0n) is 10.5. The van der Waals surface area contributed by atoms with Gasteiger partial charge in [0.05, 0.1) is 6.10 Å². The number of nitrogens with two attached hydrogens (primary N) is 1. The molecule has 1 unspecified atom stereocenters. The van der Waals surface area contributed by atoms with Gasteiger partial charge >= 0.3 is 0 Å². The smallest absolute Gasteiger partial charge is 0.129 e. The van der Waals surface area contributed by atoms with E-state index in [0.717, 1.165) is 10.5 Å². The Morgan fingerprint density at radius 1 is 1.32 bits per heavy atom. The Balaban J connectivity index is 2.05. The third kappa shape index (κ3) is 3.45. The van der Waals surface area contributed by atoms with Crippen LogP contribution in [0.1, 0.15) is 17.2 Å². The van der Waals surface area contributed by atoms with Crippen molar-refractivity contribution in [3.63, 3.8) is 0 Å². The number of nitrogens with zero attached hydrogens (tertiary/aromatic N) is 1. The highest BCUT2D eigenvalue weighted by atomic mass is 32.2. The number of halogens is 1. The molecule has 19 heavy (non-hydrogen) atoms. The van der Waals surface area contributed by atoms with Crippen LogP contribution in [-0.4, -0.2) is 15.8 Å². The fourth-order valence-electron chi connectivity index (χ4n) is 1.81. The highest BCUT2D eigenvalue weighted by Gasteiger charge is 2.15. The standard InChI is InChI=1S/C14H15FN2OS/c1-9-6-7-17-14(16)13(9)12(18)8-19-11-4-2-10(15)3-5-11/h2-7,12,18H,8H2,1H3,(H2,16,17). The van der Waals surface area contributed by atoms with Gasteiger partial charge in [-0.1, -0.05) is 0 Å². The number of thioether (sulfide) groups is 1. The highest BCUT2D eigenvalue weighted by Crippen LogP contribution is 2.28. The molecule has 1 heterocycles. The van der Waals surface area contributed by atoms with Gasteiger partial charge in [0.25, 0.3) is 0 Å². The van der Waals surface area contributed by atoms with Crippen LogP contribution in [0.5, 0.6) is 0 Å². The predicted octanol–water partition coefficient (Wildman–Crippen LogP) is 2.94. The molecule has 0 radical (unpaired) electrons. The van der Waals surface area contributed by atoms with Crippen LogP contribution >= 0.6 is 11.8 Å². The summed E-state index contributed by atoms with van der Waals surface area (Å²) >= 11 is 1.45. The van der Waals surface area contributed by atoms with Crippen LogP contribution in [0.3, 0.4) is 0 Å². The van der Waals surface area contributed by atoms with E-state index in [1.165, 1.54) is 23.9 Å². The molecule has 5 heteroatoms. The van der Waals surface area contributed by atoms with Gasteiger partial charge < -0.3 is 10.8 Å². The first-order valence-corrected chi connectivity index (χ1v) is 6.84. The van der Waals surface area contributed by atoms with Gasteiger partial charge in [-0.15, -0.1) is 11.8 Å². The zero-order valence-corrected chi connectivity index (χ0v) is 11.3. The zero-order chi connectivity index (χ0) is 13.8. The second-order valence-corrected chi connectivity index (χ2v) is 5.30. The number of pyridine rings is 1. The third-order valence-electron chi connectivity index (χ3n) is 2.79. The second kappa shape index (κ2) is 6.04. The molecular weight excluding hydrogens is 263 g/mol. The number of rotatable bonds is 4. The summed E-state index contributed by atoms with van der Waals surface area (Å²) in [6, 6.07) is 7.99. The van der Waals surface area contributed by atoms with Crippen LogP contribution in [0.4, 0.5) is 10.2 Å². The number of aliphatic hydroxyl groups is 1. The topological polar surface area (TPSA) is 59.1 Å². The van der Waals surface area contributed by atoms with Gasteiger partial charge in [0, 0.05) is 22.4 Å². The normalized spacial score (nSPS) is 12.4. The number of aryl methyl sites for hydroxylation is 1. The molecule has 0 saturated heterocycles. The molecule has 0 bridgehead atoms. The summed E-state index contributed by atoms with van der Waals surface area (Å²) in [5.41, 5.74) is 7.36. The molecule has 0 aliphatic rings. The van der Waals surface area contributed by atoms with E-state index in [1.807, 2.05) is 13.0 Å². The summed E-state index contributed by atoms with van der Waals surface area (Å²) in [5, 5.41) is 10.2. The van der Waals surface area contributed by atoms with Crippen LogP contribution in [0.2, 0.25) is 0 Å². The molecule has 0 spiro atoms. The van der Waals surface area contributed by atoms with E-state index in [2.05, 4.69) is 4.98 Å². The van der Waals surface area contributed by atoms with Gasteiger partial charge in [0.2, 0.25) is 0 Å². The third-order valence-corrected chi connectivity index (χ3v) is 3.88. The van der Waals surface area contributed by atoms with E-state index < -0.39 is 6.10 Å². The quantitative estimate of drug-likeness (QED) is 0.844. The fraction of sp³-hybridized carbons (Fsp3) is 0.214. The van der Waals surface area contributed by atoms with E-state index in [0.29, 0.717) is 17.1 Å². The monoisotopic (exact) mass is 278 g/mol. The average molecular weight is 278 g/mol. The van der Waals surface area contributed by atoms with Crippen molar-refractivity contribution < 1.29 is 9.50 Å². The van der Waals surface area contributed by atoms with Crippen molar-refractivity contribution >= 4 is 17.6 Å². The lowest BCUT2D eigenvalue weighted by Crippen LogP contribution is -2.08. The molecular formula is C14H15FN2OS. The van der Waals surface area contributed by atoms with Crippen LogP contribution in [0, 0.1) is 12.7 Å². The number of hydrogen-bond donors (Lipinski definition) is 2. The number of nitrogen functional groups attached to an aromatic ring is 1. The van der Waals surface area contributed by atoms with Crippen LogP contribution in [0.25, 0.3) is 0 Å². The molecule has 2 rings (SSSR count). The number of aliphatic hydroxyl groups excluding tert-OH is 1. The summed E-state index contributed by atoms with van der Waals surface area (Å²) in [4.78, 5) is 4.89. The minimum atomic E-state index is -0.691. The van der Waals surface area contributed by atoms with Gasteiger partial charge in [0.1, 0.15) is 11.6 Å². The Morgan fingerprint density at radius 3 is 2.63 bits per heavy atom. The van der Waals surface area contributed by atoms with Gasteiger partial charge in [-0.05, 0) is 42.8 Å². The molecule has 1 aromatic carbocycles. The minimum absolute atomic E-state index is 0.266. The van der Waals surface area contributed by atoms with Crippen molar-refractivity contribution in [3.8, 4) is 0 Å². The Kier molecular flexibility index (Phi) is 4.39. The van der Waals surface area contributed by atoms with E-state index in [-0.39, 0.29) is 5.82 Å². The number of aromatic nitrogens is 1. The summed E-state index contributed by atoms with van der Waals surface area (Å²) in [6.45, 7) is 1.89. The minimum Gasteiger partial charge on any atom is -0.387 e. The van der Waals surface area contributed by atoms with Crippen LogP contribution in [-0.2, 0) is 0 Å². The maximum Gasteiger partial charge on any atom is 0.129 e. The lowest BCUT2D eigenvalue weighted by molar-refractivity contribution is 0.204. The van der Waals surface area contributed by atoms with E-state index in [1.54, 1.807) is 18.3 Å². The molecule has 3 nitrogen and oxygen atoms in total. The largest absolute Gasteiger partial charge is 0.387 e. The van der Waals surface area contributed by atoms with E-state index >= 15 is 0 Å². The molecule has 0 fully saturated rings. The van der Waals surface area contributed by atoms with Crippen molar-refractivity contribution in [2.75, 3.05) is 11.5 Å². The SMILES string of the molecule is Cc1ccnc(N)c1C(O)CSc1ccc(F)cc1. The Labute approximate surface area is 115 Å². The summed E-state index contributed by atoms with van der Waals surface area (Å²) in [6.07, 6.45) is 0.928. The average Bonchev–Trinajstić information content (AvgIpc) is 2.38. The van der Waals surface area contributed by atoms with Crippen molar-refractivity contribution in [1.82, 2.24) is 4.98 Å². The van der Waals surface area contributed by atoms with Crippen molar-refractivity contribution in [2.45, 2.75) is 17.9 Å². The maximum atomic E-state index is 12.8. The Hall–Kier alpha value is -1.59. The summed E-state index contributed by atoms with van der Waals surface area (Å²) in [5.74, 6) is 0.534. The molecule has 2 aromatic rings. The van der Waals surface area contributed by atoms with Gasteiger partial charge in [-0.3, -0.25) is 0 Å². The number of anilines is 1. The van der Waals surface area contributed by atoms with Gasteiger partial charge in [-0.2, -0.15) is 0 Å². The molecule has 0 amide bonds. The first-order valence-electron chi connectivity index (χ1n) is 5.85. The first kappa shape index (κ1) is 13.8. The molecule has 100 valence electrons. The van der Waals surface area contributed by atoms with Crippen molar-refractivity contribution in [1.29, 1.82) is 0 Å². The maximum absolute atomic E-state index is 12.8. The number of benzene rings is 1. The lowest BCUT2D eigenvalue weighted by atomic mass is 10.1. The van der Waals surface area contributed by atoms with E-state index in [9.17, 15) is 9.50 Å². The predicted molar refractivity (Wildman–Crippen MR) is 75.5 cm³/mol. The molecule has 1 atom stereocenters. The van der Waals surface area contributed by atoms with Crippen LogP contribution in [0.15, 0.2) is 41.4 Å². The fourth-order valence-corrected chi connectivity index (χ4v) is 2.66. The number of hydrogen-bond acceptors (Lipinski definition) is 4. The molecule has 0 saturated carbocycles. The highest BCUT2D eigenvalue weighted by molar-refractivity contribution is 7.99. The van der Waals surface area contributed by atoms with Crippen molar-refractivity contribution in [2.24, 2.45) is 0 Å². The summed E-state index contributed by atoms with van der Waals surface area (Å²) in [7, 11) is 0. The molecule has 3 N–H and O–H groups in total. The summed E-state index contributed by atoms with van der Waals surface area (Å²) < 4.78 is 12.8. The van der Waals surface area contributed by atoms with Gasteiger partial charge in [-0.25, -0.2) is 9.37 Å². The van der Waals surface area contributed by atoms with E-state index in [4.69, 9.17) is 5.73 Å². The molecule has 0 aliphatic carbocycles. The van der Waals surface area contributed by atoms with Crippen LogP contribution < -0.4 is 5.73 Å². The Bertz CT molecular complexity index is 540. The van der Waals surface area contributed by atoms with Crippen molar-refractivity contribution in [3.05, 3.63) is 53.5 Å². The first-order chi connectivity index (χ1) is 9.08. The van der Waals surface area contributed by atoms with Gasteiger partial charge in [0.15, 0.2) is 0 Å². The molecule has 1 aromatic heterocycles. The lowest BCUT2D eigenvalue weighted by Gasteiger charge is -2.15. The Morgan fingerprint density at radius 2 is 2.00 bits per heavy atom.